The number of halogens is 1. The molecule has 7 heteroatoms. The van der Waals surface area contributed by atoms with Gasteiger partial charge in [0, 0.05) is 16.3 Å². The van der Waals surface area contributed by atoms with E-state index < -0.39 is 6.04 Å². The van der Waals surface area contributed by atoms with Crippen molar-refractivity contribution in [3.8, 4) is 0 Å². The molecule has 0 aliphatic carbocycles. The minimum absolute atomic E-state index is 0. The van der Waals surface area contributed by atoms with Gasteiger partial charge in [0.2, 0.25) is 5.91 Å². The molecule has 1 saturated heterocycles. The maximum absolute atomic E-state index is 11.9. The monoisotopic (exact) mass is 345 g/mol. The van der Waals surface area contributed by atoms with Crippen molar-refractivity contribution in [2.45, 2.75) is 25.8 Å². The Morgan fingerprint density at radius 3 is 2.90 bits per heavy atom. The number of hydrogen-bond donors (Lipinski definition) is 1. The standard InChI is InChI=1S/C13H12BrN3O2.Na.H/c1-7-12-8(14)3-2-4-9(12)17(16-7)10-5-6-11(18)15-13(10)19;;/h2-4,10H,5-6H2,1H3,(H,15,18,19);;/q;+1;-1. The van der Waals surface area contributed by atoms with Crippen LogP contribution in [0.1, 0.15) is 26.0 Å². The largest absolute Gasteiger partial charge is 1.00 e. The van der Waals surface area contributed by atoms with Crippen LogP contribution in [0.5, 0.6) is 0 Å². The van der Waals surface area contributed by atoms with Crippen molar-refractivity contribution in [3.63, 3.8) is 0 Å². The van der Waals surface area contributed by atoms with E-state index >= 15 is 0 Å². The molecule has 1 aromatic carbocycles. The predicted octanol–water partition coefficient (Wildman–Crippen LogP) is -0.799. The summed E-state index contributed by atoms with van der Waals surface area (Å²) >= 11 is 3.50. The smallest absolute Gasteiger partial charge is 1.00 e. The molecule has 2 amide bonds. The van der Waals surface area contributed by atoms with Gasteiger partial charge >= 0.3 is 29.6 Å². The van der Waals surface area contributed by atoms with Crippen molar-refractivity contribution >= 4 is 38.6 Å². The summed E-state index contributed by atoms with van der Waals surface area (Å²) in [7, 11) is 0. The molecule has 5 nitrogen and oxygen atoms in total. The predicted molar refractivity (Wildman–Crippen MR) is 74.7 cm³/mol. The first kappa shape index (κ1) is 15.7. The minimum atomic E-state index is -0.414. The maximum Gasteiger partial charge on any atom is 1.00 e. The molecule has 1 N–H and O–H groups in total. The first-order valence-corrected chi connectivity index (χ1v) is 6.84. The van der Waals surface area contributed by atoms with Crippen molar-refractivity contribution in [3.05, 3.63) is 28.4 Å². The molecule has 1 atom stereocenters. The Labute approximate surface area is 148 Å². The Kier molecular flexibility index (Phi) is 4.69. The molecule has 3 rings (SSSR count). The molecule has 20 heavy (non-hydrogen) atoms. The van der Waals surface area contributed by atoms with Gasteiger partial charge in [-0.15, -0.1) is 0 Å². The van der Waals surface area contributed by atoms with Gasteiger partial charge in [-0.2, -0.15) is 5.10 Å². The number of carbonyl (C=O) groups is 2. The second kappa shape index (κ2) is 5.97. The van der Waals surface area contributed by atoms with Gasteiger partial charge < -0.3 is 1.43 Å². The first-order valence-electron chi connectivity index (χ1n) is 6.05. The first-order chi connectivity index (χ1) is 9.08. The third-order valence-electron chi connectivity index (χ3n) is 3.36. The summed E-state index contributed by atoms with van der Waals surface area (Å²) in [6, 6.07) is 5.38. The molecular formula is C13H13BrN3NaO2. The van der Waals surface area contributed by atoms with E-state index in [1.54, 1.807) is 4.68 Å². The summed E-state index contributed by atoms with van der Waals surface area (Å²) in [5, 5.41) is 7.84. The van der Waals surface area contributed by atoms with Crippen LogP contribution in [-0.4, -0.2) is 21.6 Å². The summed E-state index contributed by atoms with van der Waals surface area (Å²) in [5.74, 6) is -0.490. The van der Waals surface area contributed by atoms with E-state index in [0.717, 1.165) is 21.1 Å². The third kappa shape index (κ3) is 2.57. The van der Waals surface area contributed by atoms with E-state index in [0.29, 0.717) is 12.8 Å². The molecule has 0 saturated carbocycles. The topological polar surface area (TPSA) is 64.0 Å². The van der Waals surface area contributed by atoms with E-state index in [-0.39, 0.29) is 42.8 Å². The number of imide groups is 1. The molecule has 0 radical (unpaired) electrons. The molecule has 1 aliphatic rings. The van der Waals surface area contributed by atoms with Crippen LogP contribution in [-0.2, 0) is 9.59 Å². The quantitative estimate of drug-likeness (QED) is 0.543. The molecule has 0 spiro atoms. The van der Waals surface area contributed by atoms with Crippen molar-refractivity contribution in [2.24, 2.45) is 0 Å². The van der Waals surface area contributed by atoms with Crippen molar-refractivity contribution in [1.29, 1.82) is 0 Å². The van der Waals surface area contributed by atoms with Gasteiger partial charge in [-0.1, -0.05) is 22.0 Å². The van der Waals surface area contributed by atoms with Crippen LogP contribution in [0.4, 0.5) is 0 Å². The van der Waals surface area contributed by atoms with Crippen LogP contribution in [0.15, 0.2) is 22.7 Å². The zero-order valence-electron chi connectivity index (χ0n) is 12.3. The summed E-state index contributed by atoms with van der Waals surface area (Å²) in [4.78, 5) is 23.1. The number of piperidine rings is 1. The van der Waals surface area contributed by atoms with Gasteiger partial charge in [-0.25, -0.2) is 0 Å². The fourth-order valence-electron chi connectivity index (χ4n) is 2.48. The van der Waals surface area contributed by atoms with E-state index in [9.17, 15) is 9.59 Å². The minimum Gasteiger partial charge on any atom is -1.00 e. The normalized spacial score (nSPS) is 18.8. The van der Waals surface area contributed by atoms with Crippen LogP contribution in [0, 0.1) is 6.92 Å². The van der Waals surface area contributed by atoms with Crippen LogP contribution >= 0.6 is 15.9 Å². The molecule has 100 valence electrons. The fraction of sp³-hybridized carbons (Fsp3) is 0.308. The number of nitrogens with zero attached hydrogens (tertiary/aromatic N) is 2. The second-order valence-electron chi connectivity index (χ2n) is 4.63. The number of fused-ring (bicyclic) bond motifs is 1. The van der Waals surface area contributed by atoms with Crippen molar-refractivity contribution < 1.29 is 40.6 Å². The van der Waals surface area contributed by atoms with E-state index in [1.165, 1.54) is 0 Å². The SMILES string of the molecule is Cc1nn(C2CCC(=O)NC2=O)c2cccc(Br)c12.[H-].[Na+]. The van der Waals surface area contributed by atoms with Gasteiger partial charge in [0.25, 0.3) is 5.91 Å². The number of carbonyl (C=O) groups excluding carboxylic acids is 2. The molecule has 2 heterocycles. The van der Waals surface area contributed by atoms with Gasteiger partial charge in [-0.05, 0) is 25.5 Å². The van der Waals surface area contributed by atoms with Crippen LogP contribution < -0.4 is 34.9 Å². The second-order valence-corrected chi connectivity index (χ2v) is 5.49. The average Bonchev–Trinajstić information content (AvgIpc) is 2.68. The van der Waals surface area contributed by atoms with E-state index in [2.05, 4.69) is 26.3 Å². The molecule has 1 aliphatic heterocycles. The zero-order valence-corrected chi connectivity index (χ0v) is 14.9. The molecule has 1 aromatic heterocycles. The summed E-state index contributed by atoms with van der Waals surface area (Å²) < 4.78 is 2.68. The Hall–Kier alpha value is -0.690. The van der Waals surface area contributed by atoms with Gasteiger partial charge in [0.1, 0.15) is 6.04 Å². The Morgan fingerprint density at radius 2 is 2.20 bits per heavy atom. The van der Waals surface area contributed by atoms with E-state index in [1.807, 2.05) is 25.1 Å². The van der Waals surface area contributed by atoms with Crippen LogP contribution in [0.25, 0.3) is 10.9 Å². The van der Waals surface area contributed by atoms with Crippen LogP contribution in [0.2, 0.25) is 0 Å². The van der Waals surface area contributed by atoms with Gasteiger partial charge in [0.05, 0.1) is 11.2 Å². The number of hydrogen-bond acceptors (Lipinski definition) is 3. The summed E-state index contributed by atoms with van der Waals surface area (Å²) in [5.41, 5.74) is 1.77. The number of nitrogens with one attached hydrogen (secondary N) is 1. The number of amides is 2. The number of aromatic nitrogens is 2. The fourth-order valence-corrected chi connectivity index (χ4v) is 3.12. The third-order valence-corrected chi connectivity index (χ3v) is 4.02. The molecule has 1 unspecified atom stereocenters. The van der Waals surface area contributed by atoms with Gasteiger partial charge in [-0.3, -0.25) is 19.6 Å². The van der Waals surface area contributed by atoms with Gasteiger partial charge in [0.15, 0.2) is 0 Å². The number of benzene rings is 1. The molecule has 0 bridgehead atoms. The average molecular weight is 346 g/mol. The zero-order chi connectivity index (χ0) is 13.6. The van der Waals surface area contributed by atoms with Crippen LogP contribution in [0.3, 0.4) is 0 Å². The number of rotatable bonds is 1. The summed E-state index contributed by atoms with van der Waals surface area (Å²) in [6.45, 7) is 1.91. The van der Waals surface area contributed by atoms with E-state index in [4.69, 9.17) is 0 Å². The Morgan fingerprint density at radius 1 is 1.45 bits per heavy atom. The molecule has 1 fully saturated rings. The maximum atomic E-state index is 11.9. The number of aryl methyl sites for hydroxylation is 1. The van der Waals surface area contributed by atoms with Crippen molar-refractivity contribution in [1.82, 2.24) is 15.1 Å². The molecule has 2 aromatic rings. The molecular weight excluding hydrogens is 333 g/mol. The van der Waals surface area contributed by atoms with Crippen molar-refractivity contribution in [2.75, 3.05) is 0 Å². The summed E-state index contributed by atoms with van der Waals surface area (Å²) in [6.07, 6.45) is 0.845. The Bertz CT molecular complexity index is 704. The Balaban J connectivity index is 0.00000110.